The van der Waals surface area contributed by atoms with Gasteiger partial charge >= 0.3 is 5.97 Å². The zero-order chi connectivity index (χ0) is 27.8. The Balaban J connectivity index is 1.74. The summed E-state index contributed by atoms with van der Waals surface area (Å²) < 4.78 is 0. The van der Waals surface area contributed by atoms with E-state index >= 15 is 0 Å². The monoisotopic (exact) mass is 524 g/mol. The highest BCUT2D eigenvalue weighted by atomic mass is 16.4. The SMILES string of the molecule is CC(C)C(NC(=O)C(Cc1ccc(O)cc1)NC(=O)C1CCCN1C(=O)C(N)Cc1ccccc1)C(=O)O. The lowest BCUT2D eigenvalue weighted by Crippen LogP contribution is -2.57. The zero-order valence-corrected chi connectivity index (χ0v) is 21.7. The quantitative estimate of drug-likeness (QED) is 0.295. The van der Waals surface area contributed by atoms with Crippen molar-refractivity contribution >= 4 is 23.7 Å². The van der Waals surface area contributed by atoms with Crippen LogP contribution < -0.4 is 16.4 Å². The Morgan fingerprint density at radius 1 is 0.974 bits per heavy atom. The molecule has 4 unspecified atom stereocenters. The van der Waals surface area contributed by atoms with Gasteiger partial charge in [0.2, 0.25) is 17.7 Å². The highest BCUT2D eigenvalue weighted by Gasteiger charge is 2.38. The van der Waals surface area contributed by atoms with Gasteiger partial charge in [-0.3, -0.25) is 14.4 Å². The minimum absolute atomic E-state index is 0.0523. The number of rotatable bonds is 11. The fraction of sp³-hybridized carbons (Fsp3) is 0.429. The minimum Gasteiger partial charge on any atom is -0.508 e. The standard InChI is InChI=1S/C28H36N4O6/c1-17(2)24(28(37)38)31-25(34)22(16-19-10-12-20(33)13-11-19)30-26(35)23-9-6-14-32(23)27(36)21(29)15-18-7-4-3-5-8-18/h3-5,7-8,10-13,17,21-24,33H,6,9,14-16,29H2,1-2H3,(H,30,35)(H,31,34)(H,37,38). The highest BCUT2D eigenvalue weighted by molar-refractivity contribution is 5.94. The molecule has 0 saturated carbocycles. The van der Waals surface area contributed by atoms with Crippen molar-refractivity contribution in [3.8, 4) is 5.75 Å². The van der Waals surface area contributed by atoms with Crippen molar-refractivity contribution < 1.29 is 29.4 Å². The number of hydrogen-bond donors (Lipinski definition) is 5. The first kappa shape index (κ1) is 28.6. The third kappa shape index (κ3) is 7.55. The maximum Gasteiger partial charge on any atom is 0.326 e. The third-order valence-corrected chi connectivity index (χ3v) is 6.69. The van der Waals surface area contributed by atoms with Crippen LogP contribution in [0.15, 0.2) is 54.6 Å². The Morgan fingerprint density at radius 3 is 2.21 bits per heavy atom. The average molecular weight is 525 g/mol. The van der Waals surface area contributed by atoms with E-state index in [0.29, 0.717) is 31.4 Å². The first-order valence-electron chi connectivity index (χ1n) is 12.8. The van der Waals surface area contributed by atoms with Gasteiger partial charge in [-0.15, -0.1) is 0 Å². The molecule has 0 aliphatic carbocycles. The summed E-state index contributed by atoms with van der Waals surface area (Å²) in [5.74, 6) is -2.99. The van der Waals surface area contributed by atoms with Gasteiger partial charge < -0.3 is 31.5 Å². The van der Waals surface area contributed by atoms with E-state index in [2.05, 4.69) is 10.6 Å². The van der Waals surface area contributed by atoms with E-state index < -0.39 is 42.0 Å². The number of nitrogens with zero attached hydrogens (tertiary/aromatic N) is 1. The molecule has 0 bridgehead atoms. The van der Waals surface area contributed by atoms with Gasteiger partial charge in [-0.1, -0.05) is 56.3 Å². The van der Waals surface area contributed by atoms with Crippen LogP contribution in [-0.4, -0.2) is 69.5 Å². The van der Waals surface area contributed by atoms with E-state index in [-0.39, 0.29) is 24.0 Å². The smallest absolute Gasteiger partial charge is 0.326 e. The first-order chi connectivity index (χ1) is 18.1. The summed E-state index contributed by atoms with van der Waals surface area (Å²) in [5.41, 5.74) is 7.77. The molecule has 3 amide bonds. The van der Waals surface area contributed by atoms with Crippen LogP contribution in [-0.2, 0) is 32.0 Å². The van der Waals surface area contributed by atoms with Crippen LogP contribution in [0.4, 0.5) is 0 Å². The second kappa shape index (κ2) is 13.0. The molecule has 0 spiro atoms. The van der Waals surface area contributed by atoms with Crippen LogP contribution in [0.5, 0.6) is 5.75 Å². The molecule has 6 N–H and O–H groups in total. The molecule has 1 fully saturated rings. The van der Waals surface area contributed by atoms with Crippen LogP contribution >= 0.6 is 0 Å². The van der Waals surface area contributed by atoms with E-state index in [1.807, 2.05) is 30.3 Å². The lowest BCUT2D eigenvalue weighted by molar-refractivity contribution is -0.144. The van der Waals surface area contributed by atoms with Gasteiger partial charge in [0.1, 0.15) is 23.9 Å². The Kier molecular flexibility index (Phi) is 9.84. The van der Waals surface area contributed by atoms with Gasteiger partial charge in [0.25, 0.3) is 0 Å². The number of carbonyl (C=O) groups is 4. The molecule has 1 saturated heterocycles. The second-order valence-electron chi connectivity index (χ2n) is 9.99. The largest absolute Gasteiger partial charge is 0.508 e. The first-order valence-corrected chi connectivity index (χ1v) is 12.8. The summed E-state index contributed by atoms with van der Waals surface area (Å²) in [6.07, 6.45) is 1.44. The van der Waals surface area contributed by atoms with Crippen molar-refractivity contribution in [1.29, 1.82) is 0 Å². The number of aliphatic carboxylic acids is 1. The maximum absolute atomic E-state index is 13.4. The molecule has 38 heavy (non-hydrogen) atoms. The van der Waals surface area contributed by atoms with E-state index in [1.54, 1.807) is 26.0 Å². The van der Waals surface area contributed by atoms with Crippen molar-refractivity contribution in [2.75, 3.05) is 6.54 Å². The van der Waals surface area contributed by atoms with Crippen molar-refractivity contribution in [3.05, 3.63) is 65.7 Å². The van der Waals surface area contributed by atoms with E-state index in [1.165, 1.54) is 17.0 Å². The molecule has 3 rings (SSSR count). The minimum atomic E-state index is -1.18. The summed E-state index contributed by atoms with van der Waals surface area (Å²) in [6, 6.07) is 11.7. The number of nitrogens with one attached hydrogen (secondary N) is 2. The molecule has 10 heteroatoms. The topological polar surface area (TPSA) is 162 Å². The molecular weight excluding hydrogens is 488 g/mol. The molecule has 0 aromatic heterocycles. The Morgan fingerprint density at radius 2 is 1.61 bits per heavy atom. The molecule has 10 nitrogen and oxygen atoms in total. The molecule has 1 aliphatic rings. The number of carboxylic acids is 1. The zero-order valence-electron chi connectivity index (χ0n) is 21.7. The normalized spacial score (nSPS) is 17.5. The lowest BCUT2D eigenvalue weighted by atomic mass is 10.0. The number of amides is 3. The molecule has 204 valence electrons. The molecule has 1 heterocycles. The van der Waals surface area contributed by atoms with Crippen LogP contribution in [0.25, 0.3) is 0 Å². The van der Waals surface area contributed by atoms with E-state index in [4.69, 9.17) is 5.73 Å². The molecule has 0 radical (unpaired) electrons. The molecule has 2 aromatic rings. The van der Waals surface area contributed by atoms with Gasteiger partial charge in [-0.25, -0.2) is 4.79 Å². The summed E-state index contributed by atoms with van der Waals surface area (Å²) in [6.45, 7) is 3.73. The predicted molar refractivity (Wildman–Crippen MR) is 141 cm³/mol. The number of carbonyl (C=O) groups excluding carboxylic acids is 3. The number of phenolic OH excluding ortho intramolecular Hbond substituents is 1. The van der Waals surface area contributed by atoms with Crippen molar-refractivity contribution in [3.63, 3.8) is 0 Å². The number of aromatic hydroxyl groups is 1. The van der Waals surface area contributed by atoms with Gasteiger partial charge in [0.15, 0.2) is 0 Å². The fourth-order valence-corrected chi connectivity index (χ4v) is 4.58. The number of benzene rings is 2. The van der Waals surface area contributed by atoms with Crippen LogP contribution in [0.1, 0.15) is 37.8 Å². The van der Waals surface area contributed by atoms with E-state index in [9.17, 15) is 29.4 Å². The lowest BCUT2D eigenvalue weighted by Gasteiger charge is -2.29. The fourth-order valence-electron chi connectivity index (χ4n) is 4.58. The van der Waals surface area contributed by atoms with Crippen molar-refractivity contribution in [2.45, 2.75) is 63.7 Å². The number of likely N-dealkylation sites (tertiary alicyclic amines) is 1. The van der Waals surface area contributed by atoms with Gasteiger partial charge in [-0.05, 0) is 48.4 Å². The number of hydrogen-bond acceptors (Lipinski definition) is 6. The summed E-state index contributed by atoms with van der Waals surface area (Å²) >= 11 is 0. The molecule has 2 aromatic carbocycles. The molecule has 1 aliphatic heterocycles. The maximum atomic E-state index is 13.4. The van der Waals surface area contributed by atoms with Gasteiger partial charge in [0.05, 0.1) is 6.04 Å². The Hall–Kier alpha value is -3.92. The highest BCUT2D eigenvalue weighted by Crippen LogP contribution is 2.20. The predicted octanol–water partition coefficient (Wildman–Crippen LogP) is 1.21. The van der Waals surface area contributed by atoms with Crippen molar-refractivity contribution in [2.24, 2.45) is 11.7 Å². The van der Waals surface area contributed by atoms with Gasteiger partial charge in [0, 0.05) is 13.0 Å². The van der Waals surface area contributed by atoms with E-state index in [0.717, 1.165) is 5.56 Å². The molecule has 4 atom stereocenters. The Bertz CT molecular complexity index is 1120. The van der Waals surface area contributed by atoms with Gasteiger partial charge in [-0.2, -0.15) is 0 Å². The summed E-state index contributed by atoms with van der Waals surface area (Å²) in [7, 11) is 0. The second-order valence-corrected chi connectivity index (χ2v) is 9.99. The average Bonchev–Trinajstić information content (AvgIpc) is 3.38. The third-order valence-electron chi connectivity index (χ3n) is 6.69. The van der Waals surface area contributed by atoms with Crippen LogP contribution in [0.2, 0.25) is 0 Å². The van der Waals surface area contributed by atoms with Crippen LogP contribution in [0, 0.1) is 5.92 Å². The summed E-state index contributed by atoms with van der Waals surface area (Å²) in [5, 5.41) is 24.4. The number of nitrogens with two attached hydrogens (primary N) is 1. The summed E-state index contributed by atoms with van der Waals surface area (Å²) in [4.78, 5) is 52.8. The Labute approximate surface area is 222 Å². The van der Waals surface area contributed by atoms with Crippen molar-refractivity contribution in [1.82, 2.24) is 15.5 Å². The molecular formula is C28H36N4O6. The number of carboxylic acid groups (broad SMARTS) is 1. The number of phenols is 1. The van der Waals surface area contributed by atoms with Crippen LogP contribution in [0.3, 0.4) is 0 Å².